The van der Waals surface area contributed by atoms with E-state index in [1.807, 2.05) is 61.5 Å². The Hall–Kier alpha value is -3.28. The van der Waals surface area contributed by atoms with E-state index < -0.39 is 0 Å². The number of aromatic nitrogens is 2. The van der Waals surface area contributed by atoms with Crippen LogP contribution in [-0.4, -0.2) is 22.5 Å². The van der Waals surface area contributed by atoms with Gasteiger partial charge in [0.1, 0.15) is 5.82 Å². The van der Waals surface area contributed by atoms with Crippen molar-refractivity contribution in [2.45, 2.75) is 19.8 Å². The summed E-state index contributed by atoms with van der Waals surface area (Å²) in [5.41, 5.74) is 2.80. The number of benzene rings is 2. The monoisotopic (exact) mass is 349 g/mol. The summed E-state index contributed by atoms with van der Waals surface area (Å²) in [4.78, 5) is 12.4. The van der Waals surface area contributed by atoms with Crippen LogP contribution in [-0.2, 0) is 11.2 Å². The molecule has 6 heteroatoms. The van der Waals surface area contributed by atoms with Gasteiger partial charge in [0.25, 0.3) is 0 Å². The molecule has 3 aromatic rings. The molecule has 1 N–H and O–H groups in total. The van der Waals surface area contributed by atoms with Gasteiger partial charge in [-0.1, -0.05) is 24.3 Å². The Balaban J connectivity index is 1.42. The number of carbonyl (C=O) groups excluding carboxylic acids is 1. The molecule has 0 atom stereocenters. The number of rotatable bonds is 5. The summed E-state index contributed by atoms with van der Waals surface area (Å²) in [5.74, 6) is 2.10. The maximum Gasteiger partial charge on any atom is 0.231 e. The van der Waals surface area contributed by atoms with E-state index >= 15 is 0 Å². The second kappa shape index (κ2) is 6.92. The Morgan fingerprint density at radius 3 is 2.77 bits per heavy atom. The van der Waals surface area contributed by atoms with Crippen LogP contribution < -0.4 is 14.8 Å². The molecule has 0 unspecified atom stereocenters. The van der Waals surface area contributed by atoms with Crippen molar-refractivity contribution in [2.24, 2.45) is 0 Å². The van der Waals surface area contributed by atoms with E-state index in [4.69, 9.17) is 9.47 Å². The minimum absolute atomic E-state index is 0.0558. The fourth-order valence-electron chi connectivity index (χ4n) is 2.91. The Bertz CT molecular complexity index is 935. The highest BCUT2D eigenvalue weighted by Crippen LogP contribution is 2.32. The molecule has 0 aliphatic carbocycles. The zero-order chi connectivity index (χ0) is 17.9. The standard InChI is InChI=1S/C20H19N3O3/c1-14-11-19(23(22-14)16-5-3-2-4-6-16)21-20(24)10-8-15-7-9-17-18(12-15)26-13-25-17/h2-7,9,11-12H,8,10,13H2,1H3,(H,21,24). The molecule has 2 heterocycles. The van der Waals surface area contributed by atoms with E-state index in [2.05, 4.69) is 10.4 Å². The van der Waals surface area contributed by atoms with Gasteiger partial charge in [0.15, 0.2) is 11.5 Å². The van der Waals surface area contributed by atoms with Crippen molar-refractivity contribution in [3.05, 3.63) is 65.9 Å². The molecule has 132 valence electrons. The largest absolute Gasteiger partial charge is 0.454 e. The van der Waals surface area contributed by atoms with Gasteiger partial charge in [-0.05, 0) is 43.2 Å². The SMILES string of the molecule is Cc1cc(NC(=O)CCc2ccc3c(c2)OCO3)n(-c2ccccc2)n1. The molecule has 0 bridgehead atoms. The highest BCUT2D eigenvalue weighted by molar-refractivity contribution is 5.90. The maximum absolute atomic E-state index is 12.4. The number of aryl methyl sites for hydroxylation is 2. The van der Waals surface area contributed by atoms with Gasteiger partial charge in [0, 0.05) is 12.5 Å². The van der Waals surface area contributed by atoms with E-state index in [0.29, 0.717) is 18.7 Å². The molecule has 1 aromatic heterocycles. The first-order valence-corrected chi connectivity index (χ1v) is 8.49. The van der Waals surface area contributed by atoms with Crippen LogP contribution in [0.2, 0.25) is 0 Å². The lowest BCUT2D eigenvalue weighted by molar-refractivity contribution is -0.116. The average Bonchev–Trinajstić information content (AvgIpc) is 3.26. The predicted octanol–water partition coefficient (Wildman–Crippen LogP) is 3.48. The van der Waals surface area contributed by atoms with Crippen molar-refractivity contribution < 1.29 is 14.3 Å². The number of anilines is 1. The summed E-state index contributed by atoms with van der Waals surface area (Å²) in [5, 5.41) is 7.42. The summed E-state index contributed by atoms with van der Waals surface area (Å²) >= 11 is 0. The lowest BCUT2D eigenvalue weighted by atomic mass is 10.1. The number of carbonyl (C=O) groups is 1. The van der Waals surface area contributed by atoms with Crippen molar-refractivity contribution in [3.63, 3.8) is 0 Å². The van der Waals surface area contributed by atoms with Gasteiger partial charge >= 0.3 is 0 Å². The second-order valence-electron chi connectivity index (χ2n) is 6.15. The molecule has 0 radical (unpaired) electrons. The molecule has 26 heavy (non-hydrogen) atoms. The van der Waals surface area contributed by atoms with E-state index in [-0.39, 0.29) is 12.7 Å². The van der Waals surface area contributed by atoms with Gasteiger partial charge in [-0.15, -0.1) is 0 Å². The van der Waals surface area contributed by atoms with Crippen LogP contribution in [0.4, 0.5) is 5.82 Å². The summed E-state index contributed by atoms with van der Waals surface area (Å²) in [6.07, 6.45) is 1.000. The van der Waals surface area contributed by atoms with Gasteiger partial charge in [-0.2, -0.15) is 5.10 Å². The van der Waals surface area contributed by atoms with Gasteiger partial charge in [0.2, 0.25) is 12.7 Å². The van der Waals surface area contributed by atoms with E-state index in [1.54, 1.807) is 4.68 Å². The Kier molecular flexibility index (Phi) is 4.31. The summed E-state index contributed by atoms with van der Waals surface area (Å²) in [6, 6.07) is 17.4. The van der Waals surface area contributed by atoms with Crippen LogP contribution in [0.5, 0.6) is 11.5 Å². The van der Waals surface area contributed by atoms with Crippen molar-refractivity contribution >= 4 is 11.7 Å². The van der Waals surface area contributed by atoms with Crippen molar-refractivity contribution in [2.75, 3.05) is 12.1 Å². The van der Waals surface area contributed by atoms with E-state index in [9.17, 15) is 4.79 Å². The average molecular weight is 349 g/mol. The molecule has 0 fully saturated rings. The van der Waals surface area contributed by atoms with E-state index in [1.165, 1.54) is 0 Å². The first-order chi connectivity index (χ1) is 12.7. The van der Waals surface area contributed by atoms with Crippen LogP contribution in [0.25, 0.3) is 5.69 Å². The van der Waals surface area contributed by atoms with Crippen LogP contribution in [0.3, 0.4) is 0 Å². The Morgan fingerprint density at radius 2 is 1.92 bits per heavy atom. The molecule has 0 saturated carbocycles. The molecule has 1 aliphatic rings. The summed E-state index contributed by atoms with van der Waals surface area (Å²) < 4.78 is 12.4. The van der Waals surface area contributed by atoms with Gasteiger partial charge in [-0.3, -0.25) is 4.79 Å². The topological polar surface area (TPSA) is 65.4 Å². The number of fused-ring (bicyclic) bond motifs is 1. The molecule has 2 aromatic carbocycles. The molecular formula is C20H19N3O3. The van der Waals surface area contributed by atoms with Gasteiger partial charge in [0.05, 0.1) is 11.4 Å². The number of para-hydroxylation sites is 1. The van der Waals surface area contributed by atoms with Crippen molar-refractivity contribution in [3.8, 4) is 17.2 Å². The molecule has 1 aliphatic heterocycles. The Labute approximate surface area is 151 Å². The lowest BCUT2D eigenvalue weighted by Crippen LogP contribution is -2.15. The first-order valence-electron chi connectivity index (χ1n) is 8.49. The number of hydrogen-bond donors (Lipinski definition) is 1. The third-order valence-corrected chi connectivity index (χ3v) is 4.18. The highest BCUT2D eigenvalue weighted by atomic mass is 16.7. The Morgan fingerprint density at radius 1 is 1.12 bits per heavy atom. The van der Waals surface area contributed by atoms with Crippen molar-refractivity contribution in [1.82, 2.24) is 9.78 Å². The van der Waals surface area contributed by atoms with E-state index in [0.717, 1.165) is 28.4 Å². The molecule has 1 amide bonds. The smallest absolute Gasteiger partial charge is 0.231 e. The minimum Gasteiger partial charge on any atom is -0.454 e. The normalized spacial score (nSPS) is 12.2. The molecular weight excluding hydrogens is 330 g/mol. The zero-order valence-electron chi connectivity index (χ0n) is 14.4. The fraction of sp³-hybridized carbons (Fsp3) is 0.200. The fourth-order valence-corrected chi connectivity index (χ4v) is 2.91. The first kappa shape index (κ1) is 16.2. The molecule has 4 rings (SSSR count). The third kappa shape index (κ3) is 3.39. The van der Waals surface area contributed by atoms with Crippen LogP contribution in [0, 0.1) is 6.92 Å². The molecule has 0 spiro atoms. The van der Waals surface area contributed by atoms with Crippen molar-refractivity contribution in [1.29, 1.82) is 0 Å². The number of nitrogens with one attached hydrogen (secondary N) is 1. The quantitative estimate of drug-likeness (QED) is 0.766. The number of ether oxygens (including phenoxy) is 2. The zero-order valence-corrected chi connectivity index (χ0v) is 14.4. The maximum atomic E-state index is 12.4. The number of amides is 1. The highest BCUT2D eigenvalue weighted by Gasteiger charge is 2.14. The number of hydrogen-bond acceptors (Lipinski definition) is 4. The third-order valence-electron chi connectivity index (χ3n) is 4.18. The van der Waals surface area contributed by atoms with Gasteiger partial charge < -0.3 is 14.8 Å². The second-order valence-corrected chi connectivity index (χ2v) is 6.15. The van der Waals surface area contributed by atoms with Gasteiger partial charge in [-0.25, -0.2) is 4.68 Å². The number of nitrogens with zero attached hydrogens (tertiary/aromatic N) is 2. The minimum atomic E-state index is -0.0558. The summed E-state index contributed by atoms with van der Waals surface area (Å²) in [7, 11) is 0. The lowest BCUT2D eigenvalue weighted by Gasteiger charge is -2.09. The molecule has 0 saturated heterocycles. The summed E-state index contributed by atoms with van der Waals surface area (Å²) in [6.45, 7) is 2.16. The van der Waals surface area contributed by atoms with Crippen LogP contribution in [0.15, 0.2) is 54.6 Å². The van der Waals surface area contributed by atoms with Crippen LogP contribution in [0.1, 0.15) is 17.7 Å². The molecule has 6 nitrogen and oxygen atoms in total. The predicted molar refractivity (Wildman–Crippen MR) is 97.8 cm³/mol. The van der Waals surface area contributed by atoms with Crippen LogP contribution >= 0.6 is 0 Å².